The molecule has 0 bridgehead atoms. The highest BCUT2D eigenvalue weighted by Gasteiger charge is 2.21. The third-order valence-electron chi connectivity index (χ3n) is 3.73. The zero-order valence-electron chi connectivity index (χ0n) is 13.0. The van der Waals surface area contributed by atoms with E-state index in [2.05, 4.69) is 34.5 Å². The molecule has 1 heterocycles. The molecule has 126 valence electrons. The fourth-order valence-corrected chi connectivity index (χ4v) is 2.63. The number of rotatable bonds is 5. The fraction of sp³-hybridized carbons (Fsp3) is 0.562. The molecule has 0 saturated carbocycles. The maximum absolute atomic E-state index is 11.9. The van der Waals surface area contributed by atoms with Crippen LogP contribution in [-0.2, 0) is 4.79 Å². The number of hydrogen-bond acceptors (Lipinski definition) is 3. The first kappa shape index (κ1) is 21.0. The molecule has 6 heteroatoms. The van der Waals surface area contributed by atoms with Gasteiger partial charge in [-0.2, -0.15) is 0 Å². The SMILES string of the molecule is CC(N)CCC(=O)NC1CCCN(c2ccccc2)C1.Cl.Cl. The average molecular weight is 348 g/mol. The number of piperidine rings is 1. The molecule has 4 nitrogen and oxygen atoms in total. The first-order valence-electron chi connectivity index (χ1n) is 7.50. The van der Waals surface area contributed by atoms with E-state index in [0.717, 1.165) is 32.4 Å². The lowest BCUT2D eigenvalue weighted by atomic mass is 10.0. The lowest BCUT2D eigenvalue weighted by Gasteiger charge is -2.34. The Morgan fingerprint density at radius 1 is 1.36 bits per heavy atom. The normalized spacial score (nSPS) is 18.6. The number of nitrogens with zero attached hydrogens (tertiary/aromatic N) is 1. The van der Waals surface area contributed by atoms with Gasteiger partial charge < -0.3 is 16.0 Å². The summed E-state index contributed by atoms with van der Waals surface area (Å²) >= 11 is 0. The number of carbonyl (C=O) groups is 1. The summed E-state index contributed by atoms with van der Waals surface area (Å²) in [6.07, 6.45) is 3.46. The molecule has 3 N–H and O–H groups in total. The monoisotopic (exact) mass is 347 g/mol. The molecule has 22 heavy (non-hydrogen) atoms. The van der Waals surface area contributed by atoms with Crippen molar-refractivity contribution in [1.82, 2.24) is 5.32 Å². The van der Waals surface area contributed by atoms with Crippen molar-refractivity contribution in [3.05, 3.63) is 30.3 Å². The number of carbonyl (C=O) groups excluding carboxylic acids is 1. The van der Waals surface area contributed by atoms with Crippen molar-refractivity contribution in [1.29, 1.82) is 0 Å². The quantitative estimate of drug-likeness (QED) is 0.860. The molecule has 0 aliphatic carbocycles. The van der Waals surface area contributed by atoms with Gasteiger partial charge in [0, 0.05) is 37.3 Å². The van der Waals surface area contributed by atoms with Crippen LogP contribution in [0.3, 0.4) is 0 Å². The topological polar surface area (TPSA) is 58.4 Å². The van der Waals surface area contributed by atoms with E-state index in [1.807, 2.05) is 13.0 Å². The summed E-state index contributed by atoms with van der Waals surface area (Å²) in [5.74, 6) is 0.127. The van der Waals surface area contributed by atoms with Gasteiger partial charge in [-0.15, -0.1) is 24.8 Å². The lowest BCUT2D eigenvalue weighted by Crippen LogP contribution is -2.48. The molecule has 2 rings (SSSR count). The van der Waals surface area contributed by atoms with Gasteiger partial charge in [-0.05, 0) is 38.3 Å². The Hall–Kier alpha value is -0.970. The highest BCUT2D eigenvalue weighted by molar-refractivity contribution is 5.85. The van der Waals surface area contributed by atoms with Crippen LogP contribution in [0.2, 0.25) is 0 Å². The number of nitrogens with one attached hydrogen (secondary N) is 1. The Morgan fingerprint density at radius 3 is 2.68 bits per heavy atom. The number of para-hydroxylation sites is 1. The minimum atomic E-state index is 0. The van der Waals surface area contributed by atoms with Crippen molar-refractivity contribution >= 4 is 36.4 Å². The van der Waals surface area contributed by atoms with Crippen molar-refractivity contribution in [2.24, 2.45) is 5.73 Å². The zero-order chi connectivity index (χ0) is 14.4. The first-order valence-corrected chi connectivity index (χ1v) is 7.50. The Labute approximate surface area is 145 Å². The first-order chi connectivity index (χ1) is 9.65. The van der Waals surface area contributed by atoms with E-state index in [-0.39, 0.29) is 42.8 Å². The van der Waals surface area contributed by atoms with E-state index >= 15 is 0 Å². The van der Waals surface area contributed by atoms with Gasteiger partial charge in [0.2, 0.25) is 5.91 Å². The molecule has 1 fully saturated rings. The fourth-order valence-electron chi connectivity index (χ4n) is 2.63. The largest absolute Gasteiger partial charge is 0.369 e. The van der Waals surface area contributed by atoms with E-state index in [4.69, 9.17) is 5.73 Å². The smallest absolute Gasteiger partial charge is 0.220 e. The number of halogens is 2. The third kappa shape index (κ3) is 6.86. The summed E-state index contributed by atoms with van der Waals surface area (Å²) in [7, 11) is 0. The summed E-state index contributed by atoms with van der Waals surface area (Å²) in [4.78, 5) is 14.2. The lowest BCUT2D eigenvalue weighted by molar-refractivity contribution is -0.122. The van der Waals surface area contributed by atoms with Gasteiger partial charge in [0.25, 0.3) is 0 Å². The maximum Gasteiger partial charge on any atom is 0.220 e. The van der Waals surface area contributed by atoms with Crippen LogP contribution < -0.4 is 16.0 Å². The van der Waals surface area contributed by atoms with Crippen LogP contribution in [0.1, 0.15) is 32.6 Å². The van der Waals surface area contributed by atoms with Crippen LogP contribution in [0, 0.1) is 0 Å². The number of benzene rings is 1. The van der Waals surface area contributed by atoms with E-state index in [0.29, 0.717) is 6.42 Å². The van der Waals surface area contributed by atoms with Gasteiger partial charge in [0.05, 0.1) is 0 Å². The van der Waals surface area contributed by atoms with Crippen LogP contribution in [0.5, 0.6) is 0 Å². The van der Waals surface area contributed by atoms with Crippen molar-refractivity contribution in [3.63, 3.8) is 0 Å². The van der Waals surface area contributed by atoms with Gasteiger partial charge in [0.1, 0.15) is 0 Å². The molecular weight excluding hydrogens is 321 g/mol. The average Bonchev–Trinajstić information content (AvgIpc) is 2.46. The third-order valence-corrected chi connectivity index (χ3v) is 3.73. The summed E-state index contributed by atoms with van der Waals surface area (Å²) in [5, 5.41) is 3.14. The van der Waals surface area contributed by atoms with Gasteiger partial charge >= 0.3 is 0 Å². The Balaban J connectivity index is 0.00000220. The van der Waals surface area contributed by atoms with Crippen LogP contribution in [0.25, 0.3) is 0 Å². The second kappa shape index (κ2) is 10.7. The van der Waals surface area contributed by atoms with Crippen molar-refractivity contribution in [3.8, 4) is 0 Å². The number of nitrogens with two attached hydrogens (primary N) is 1. The molecule has 0 spiro atoms. The highest BCUT2D eigenvalue weighted by Crippen LogP contribution is 2.19. The highest BCUT2D eigenvalue weighted by atomic mass is 35.5. The maximum atomic E-state index is 11.9. The summed E-state index contributed by atoms with van der Waals surface area (Å²) < 4.78 is 0. The molecule has 1 aromatic carbocycles. The predicted octanol–water partition coefficient (Wildman–Crippen LogP) is 2.74. The Kier molecular flexibility index (Phi) is 10.2. The van der Waals surface area contributed by atoms with Crippen molar-refractivity contribution < 1.29 is 4.79 Å². The van der Waals surface area contributed by atoms with E-state index in [9.17, 15) is 4.79 Å². The van der Waals surface area contributed by atoms with Crippen molar-refractivity contribution in [2.45, 2.75) is 44.7 Å². The number of amides is 1. The molecule has 2 unspecified atom stereocenters. The Morgan fingerprint density at radius 2 is 2.05 bits per heavy atom. The number of anilines is 1. The van der Waals surface area contributed by atoms with Gasteiger partial charge in [0.15, 0.2) is 0 Å². The predicted molar refractivity (Wildman–Crippen MR) is 97.2 cm³/mol. The standard InChI is InChI=1S/C16H25N3O.2ClH/c1-13(17)9-10-16(20)18-14-6-5-11-19(12-14)15-7-3-2-4-8-15;;/h2-4,7-8,13-14H,5-6,9-12,17H2,1H3,(H,18,20);2*1H. The van der Waals surface area contributed by atoms with Crippen LogP contribution in [0.4, 0.5) is 5.69 Å². The van der Waals surface area contributed by atoms with E-state index in [1.165, 1.54) is 5.69 Å². The minimum Gasteiger partial charge on any atom is -0.369 e. The molecule has 1 aliphatic heterocycles. The minimum absolute atomic E-state index is 0. The van der Waals surface area contributed by atoms with E-state index < -0.39 is 0 Å². The molecule has 2 atom stereocenters. The number of hydrogen-bond donors (Lipinski definition) is 2. The van der Waals surface area contributed by atoms with Crippen LogP contribution >= 0.6 is 24.8 Å². The molecular formula is C16H27Cl2N3O. The molecule has 0 aromatic heterocycles. The summed E-state index contributed by atoms with van der Waals surface area (Å²) in [6.45, 7) is 3.90. The zero-order valence-corrected chi connectivity index (χ0v) is 14.7. The molecule has 1 aromatic rings. The van der Waals surface area contributed by atoms with Crippen molar-refractivity contribution in [2.75, 3.05) is 18.0 Å². The second-order valence-electron chi connectivity index (χ2n) is 5.70. The Bertz CT molecular complexity index is 429. The molecule has 0 radical (unpaired) electrons. The molecule has 1 saturated heterocycles. The van der Waals surface area contributed by atoms with E-state index in [1.54, 1.807) is 0 Å². The molecule has 1 amide bonds. The second-order valence-corrected chi connectivity index (χ2v) is 5.70. The van der Waals surface area contributed by atoms with Gasteiger partial charge in [-0.25, -0.2) is 0 Å². The van der Waals surface area contributed by atoms with Crippen LogP contribution in [-0.4, -0.2) is 31.1 Å². The summed E-state index contributed by atoms with van der Waals surface area (Å²) in [6, 6.07) is 10.7. The van der Waals surface area contributed by atoms with Crippen LogP contribution in [0.15, 0.2) is 30.3 Å². The molecule has 1 aliphatic rings. The van der Waals surface area contributed by atoms with Gasteiger partial charge in [-0.3, -0.25) is 4.79 Å². The summed E-state index contributed by atoms with van der Waals surface area (Å²) in [5.41, 5.74) is 6.92. The van der Waals surface area contributed by atoms with Gasteiger partial charge in [-0.1, -0.05) is 18.2 Å².